The zero-order valence-electron chi connectivity index (χ0n) is 14.9. The Balaban J connectivity index is 1.84. The van der Waals surface area contributed by atoms with Crippen LogP contribution in [-0.2, 0) is 4.79 Å². The van der Waals surface area contributed by atoms with Crippen LogP contribution in [0.25, 0.3) is 11.6 Å². The van der Waals surface area contributed by atoms with Crippen molar-refractivity contribution in [3.8, 4) is 0 Å². The van der Waals surface area contributed by atoms with Crippen LogP contribution in [-0.4, -0.2) is 58.4 Å². The van der Waals surface area contributed by atoms with Gasteiger partial charge in [-0.2, -0.15) is 0 Å². The van der Waals surface area contributed by atoms with Gasteiger partial charge in [-0.25, -0.2) is 0 Å². The molecule has 2 N–H and O–H groups in total. The average molecular weight is 420 g/mol. The summed E-state index contributed by atoms with van der Waals surface area (Å²) in [5, 5.41) is 5.65. The molecular weight excluding hydrogens is 400 g/mol. The van der Waals surface area contributed by atoms with E-state index >= 15 is 0 Å². The van der Waals surface area contributed by atoms with Crippen LogP contribution in [0.15, 0.2) is 24.3 Å². The van der Waals surface area contributed by atoms with Gasteiger partial charge >= 0.3 is 157 Å². The van der Waals surface area contributed by atoms with Gasteiger partial charge < -0.3 is 0 Å². The molecule has 1 aromatic carbocycles. The van der Waals surface area contributed by atoms with Crippen molar-refractivity contribution in [3.05, 3.63) is 50.1 Å². The number of aryl methyl sites for hydroxylation is 1. The molecule has 7 heteroatoms. The molecule has 2 amide bonds. The van der Waals surface area contributed by atoms with Crippen molar-refractivity contribution in [3.63, 3.8) is 0 Å². The Morgan fingerprint density at radius 2 is 2.12 bits per heavy atom. The Labute approximate surface area is 157 Å². The third kappa shape index (κ3) is 3.96. The number of nitrogens with zero attached hydrogens (tertiary/aromatic N) is 1. The first-order valence-electron chi connectivity index (χ1n) is 8.21. The van der Waals surface area contributed by atoms with Gasteiger partial charge in [-0.15, -0.1) is 0 Å². The van der Waals surface area contributed by atoms with Crippen LogP contribution >= 0.6 is 0 Å². The molecule has 1 aromatic heterocycles. The molecule has 1 aliphatic rings. The molecule has 26 heavy (non-hydrogen) atoms. The number of carbonyl (C=O) groups excluding carboxylic acids is 2. The molecule has 3 rings (SSSR count). The van der Waals surface area contributed by atoms with E-state index in [4.69, 9.17) is 0 Å². The maximum atomic E-state index is 13.5. The summed E-state index contributed by atoms with van der Waals surface area (Å²) in [5.74, 6) is -0.724. The fourth-order valence-electron chi connectivity index (χ4n) is 2.74. The van der Waals surface area contributed by atoms with Crippen molar-refractivity contribution in [2.75, 3.05) is 32.5 Å². The van der Waals surface area contributed by atoms with Crippen LogP contribution in [0, 0.1) is 12.7 Å². The molecule has 0 aliphatic carbocycles. The minimum atomic E-state index is -0.382. The van der Waals surface area contributed by atoms with E-state index in [0.717, 1.165) is 15.4 Å². The molecule has 0 unspecified atom stereocenters. The second kappa shape index (κ2) is 7.58. The van der Waals surface area contributed by atoms with Gasteiger partial charge in [0.25, 0.3) is 0 Å². The predicted octanol–water partition coefficient (Wildman–Crippen LogP) is 1.98. The van der Waals surface area contributed by atoms with Crippen molar-refractivity contribution >= 4 is 43.7 Å². The average Bonchev–Trinajstić information content (AvgIpc) is 3.08. The summed E-state index contributed by atoms with van der Waals surface area (Å²) in [4.78, 5) is 26.6. The number of halogens is 1. The van der Waals surface area contributed by atoms with E-state index in [1.807, 2.05) is 32.0 Å². The minimum absolute atomic E-state index is 0.0302. The molecule has 1 aliphatic heterocycles. The fraction of sp³-hybridized carbons (Fsp3) is 0.263. The van der Waals surface area contributed by atoms with E-state index in [2.05, 4.69) is 10.6 Å². The van der Waals surface area contributed by atoms with Gasteiger partial charge in [0, 0.05) is 0 Å². The number of hydrogen-bond acceptors (Lipinski definition) is 3. The summed E-state index contributed by atoms with van der Waals surface area (Å²) in [6.07, 6.45) is 1.77. The van der Waals surface area contributed by atoms with Crippen molar-refractivity contribution in [2.45, 2.75) is 6.92 Å². The zero-order valence-corrected chi connectivity index (χ0v) is 16.6. The van der Waals surface area contributed by atoms with Crippen molar-refractivity contribution < 1.29 is 14.0 Å². The molecule has 2 aromatic rings. The van der Waals surface area contributed by atoms with E-state index in [0.29, 0.717) is 28.9 Å². The Bertz CT molecular complexity index is 902. The third-order valence-electron chi connectivity index (χ3n) is 4.08. The van der Waals surface area contributed by atoms with Gasteiger partial charge in [-0.05, 0) is 0 Å². The van der Waals surface area contributed by atoms with Gasteiger partial charge in [0.1, 0.15) is 0 Å². The van der Waals surface area contributed by atoms with E-state index in [1.165, 1.54) is 12.1 Å². The standard InChI is InChI=1S/C19H20FN3O2Se/c1-11-14(18(24)21-6-7-23(2)3)9-13(26-11)10-16-15-8-12(20)4-5-17(15)22-19(16)25/h4-5,8-10H,6-7H2,1-3H3,(H,21,24)(H,22,25)/b16-10-. The second-order valence-electron chi connectivity index (χ2n) is 6.38. The first kappa shape index (κ1) is 18.6. The molecule has 0 fully saturated rings. The molecule has 5 nitrogen and oxygen atoms in total. The molecule has 0 bridgehead atoms. The van der Waals surface area contributed by atoms with Crippen LogP contribution in [0.5, 0.6) is 0 Å². The number of fused-ring (bicyclic) bond motifs is 1. The summed E-state index contributed by atoms with van der Waals surface area (Å²) in [5.41, 5.74) is 2.27. The molecule has 0 saturated carbocycles. The molecule has 136 valence electrons. The Hall–Kier alpha value is -2.21. The topological polar surface area (TPSA) is 61.4 Å². The summed E-state index contributed by atoms with van der Waals surface area (Å²) in [6, 6.07) is 6.07. The summed E-state index contributed by atoms with van der Waals surface area (Å²) in [7, 11) is 3.90. The third-order valence-corrected chi connectivity index (χ3v) is 6.17. The quantitative estimate of drug-likeness (QED) is 0.575. The van der Waals surface area contributed by atoms with Crippen LogP contribution in [0.1, 0.15) is 24.8 Å². The van der Waals surface area contributed by atoms with E-state index in [1.54, 1.807) is 12.1 Å². The normalized spacial score (nSPS) is 14.7. The molecule has 0 saturated heterocycles. The van der Waals surface area contributed by atoms with Gasteiger partial charge in [-0.3, -0.25) is 0 Å². The van der Waals surface area contributed by atoms with Gasteiger partial charge in [-0.1, -0.05) is 0 Å². The van der Waals surface area contributed by atoms with Crippen molar-refractivity contribution in [2.24, 2.45) is 0 Å². The van der Waals surface area contributed by atoms with E-state index in [-0.39, 0.29) is 32.1 Å². The number of nitrogens with one attached hydrogen (secondary N) is 2. The fourth-order valence-corrected chi connectivity index (χ4v) is 4.77. The molecule has 2 heterocycles. The van der Waals surface area contributed by atoms with Crippen LogP contribution in [0.3, 0.4) is 0 Å². The number of anilines is 1. The summed E-state index contributed by atoms with van der Waals surface area (Å²) < 4.78 is 15.5. The summed E-state index contributed by atoms with van der Waals surface area (Å²) in [6.45, 7) is 3.28. The summed E-state index contributed by atoms with van der Waals surface area (Å²) >= 11 is -0.0302. The molecular formula is C19H20FN3O2Se. The number of benzene rings is 1. The van der Waals surface area contributed by atoms with Crippen LogP contribution in [0.4, 0.5) is 10.1 Å². The van der Waals surface area contributed by atoms with Gasteiger partial charge in [0.05, 0.1) is 0 Å². The molecule has 0 radical (unpaired) electrons. The zero-order chi connectivity index (χ0) is 18.8. The van der Waals surface area contributed by atoms with Crippen LogP contribution in [0.2, 0.25) is 0 Å². The number of likely N-dealkylation sites (N-methyl/N-ethyl adjacent to an activating group) is 1. The molecule has 0 atom stereocenters. The Kier molecular flexibility index (Phi) is 5.41. The predicted molar refractivity (Wildman–Crippen MR) is 102 cm³/mol. The Morgan fingerprint density at radius 1 is 1.35 bits per heavy atom. The first-order valence-corrected chi connectivity index (χ1v) is 9.93. The van der Waals surface area contributed by atoms with E-state index < -0.39 is 0 Å². The number of rotatable bonds is 5. The SMILES string of the molecule is Cc1[se]c(/C=C2\C(=O)Nc3ccc(F)cc32)cc1C(=O)NCCN(C)C. The number of amides is 2. The van der Waals surface area contributed by atoms with Crippen molar-refractivity contribution in [1.29, 1.82) is 0 Å². The maximum absolute atomic E-state index is 13.5. The van der Waals surface area contributed by atoms with E-state index in [9.17, 15) is 14.0 Å². The number of carbonyl (C=O) groups is 2. The second-order valence-corrected chi connectivity index (χ2v) is 9.08. The monoisotopic (exact) mass is 421 g/mol. The number of hydrogen-bond donors (Lipinski definition) is 2. The Morgan fingerprint density at radius 3 is 2.85 bits per heavy atom. The molecule has 0 spiro atoms. The van der Waals surface area contributed by atoms with Gasteiger partial charge in [0.15, 0.2) is 0 Å². The van der Waals surface area contributed by atoms with Gasteiger partial charge in [0.2, 0.25) is 0 Å². The first-order chi connectivity index (χ1) is 12.3. The van der Waals surface area contributed by atoms with Crippen molar-refractivity contribution in [1.82, 2.24) is 10.2 Å². The van der Waals surface area contributed by atoms with Crippen LogP contribution < -0.4 is 10.6 Å².